The molecule has 0 bridgehead atoms. The summed E-state index contributed by atoms with van der Waals surface area (Å²) in [6, 6.07) is 3.96. The minimum atomic E-state index is 0.629. The molecule has 0 amide bonds. The van der Waals surface area contributed by atoms with Crippen LogP contribution in [-0.4, -0.2) is 21.5 Å². The van der Waals surface area contributed by atoms with Crippen molar-refractivity contribution in [1.82, 2.24) is 15.0 Å². The third-order valence-corrected chi connectivity index (χ3v) is 6.25. The van der Waals surface area contributed by atoms with E-state index >= 15 is 0 Å². The summed E-state index contributed by atoms with van der Waals surface area (Å²) < 4.78 is 0. The quantitative estimate of drug-likeness (QED) is 0.695. The molecule has 0 radical (unpaired) electrons. The Morgan fingerprint density at radius 1 is 1.16 bits per heavy atom. The molecule has 0 spiro atoms. The summed E-state index contributed by atoms with van der Waals surface area (Å²) in [5, 5.41) is 4.89. The van der Waals surface area contributed by atoms with Gasteiger partial charge in [0.25, 0.3) is 0 Å². The van der Waals surface area contributed by atoms with Gasteiger partial charge in [0.05, 0.1) is 5.39 Å². The molecule has 3 aromatic rings. The molecule has 1 aliphatic carbocycles. The average molecular weight is 353 g/mol. The largest absolute Gasteiger partial charge is 0.369 e. The molecule has 0 aliphatic heterocycles. The first-order valence-electron chi connectivity index (χ1n) is 9.22. The lowest BCUT2D eigenvalue weighted by atomic mass is 9.97. The maximum absolute atomic E-state index is 4.91. The number of aromatic nitrogens is 3. The van der Waals surface area contributed by atoms with E-state index in [1.807, 2.05) is 23.5 Å². The van der Waals surface area contributed by atoms with Crippen LogP contribution in [0.3, 0.4) is 0 Å². The zero-order valence-electron chi connectivity index (χ0n) is 14.9. The van der Waals surface area contributed by atoms with Gasteiger partial charge in [-0.2, -0.15) is 0 Å². The lowest BCUT2D eigenvalue weighted by Gasteiger charge is -2.15. The van der Waals surface area contributed by atoms with Crippen LogP contribution in [0.4, 0.5) is 5.82 Å². The molecule has 1 atom stereocenters. The lowest BCUT2D eigenvalue weighted by Crippen LogP contribution is -2.12. The van der Waals surface area contributed by atoms with E-state index in [9.17, 15) is 0 Å². The first-order chi connectivity index (χ1) is 12.3. The van der Waals surface area contributed by atoms with E-state index in [-0.39, 0.29) is 0 Å². The minimum absolute atomic E-state index is 0.629. The number of aryl methyl sites for hydroxylation is 2. The fourth-order valence-corrected chi connectivity index (χ4v) is 4.59. The van der Waals surface area contributed by atoms with Crippen molar-refractivity contribution in [3.05, 3.63) is 35.0 Å². The van der Waals surface area contributed by atoms with Gasteiger partial charge in [0, 0.05) is 29.4 Å². The Bertz CT molecular complexity index is 872. The highest BCUT2D eigenvalue weighted by atomic mass is 32.1. The minimum Gasteiger partial charge on any atom is -0.369 e. The monoisotopic (exact) mass is 352 g/mol. The van der Waals surface area contributed by atoms with E-state index in [1.165, 1.54) is 41.5 Å². The summed E-state index contributed by atoms with van der Waals surface area (Å²) >= 11 is 1.86. The van der Waals surface area contributed by atoms with Crippen LogP contribution in [-0.2, 0) is 12.8 Å². The Hall–Kier alpha value is -2.01. The van der Waals surface area contributed by atoms with Crippen molar-refractivity contribution in [3.8, 4) is 11.4 Å². The van der Waals surface area contributed by atoms with Crippen LogP contribution in [0.15, 0.2) is 24.5 Å². The Balaban J connectivity index is 1.83. The SMILES string of the molecule is CCC(C)CNc1nc(-c2ccncc2)nc2sc3c(c12)CCCC3. The third-order valence-electron chi connectivity index (χ3n) is 5.07. The molecular weight excluding hydrogens is 328 g/mol. The zero-order chi connectivity index (χ0) is 17.2. The highest BCUT2D eigenvalue weighted by Crippen LogP contribution is 2.39. The number of thiophene rings is 1. The number of nitrogens with one attached hydrogen (secondary N) is 1. The fourth-order valence-electron chi connectivity index (χ4n) is 3.33. The van der Waals surface area contributed by atoms with Gasteiger partial charge in [-0.1, -0.05) is 20.3 Å². The smallest absolute Gasteiger partial charge is 0.163 e. The molecule has 1 aliphatic rings. The summed E-state index contributed by atoms with van der Waals surface area (Å²) in [4.78, 5) is 16.6. The van der Waals surface area contributed by atoms with E-state index in [4.69, 9.17) is 9.97 Å². The van der Waals surface area contributed by atoms with E-state index in [1.54, 1.807) is 12.4 Å². The van der Waals surface area contributed by atoms with Crippen LogP contribution in [0, 0.1) is 5.92 Å². The standard InChI is InChI=1S/C20H24N4S/c1-3-13(2)12-22-19-17-15-6-4-5-7-16(15)25-20(17)24-18(23-19)14-8-10-21-11-9-14/h8-11,13H,3-7,12H2,1-2H3,(H,22,23,24). The number of hydrogen-bond acceptors (Lipinski definition) is 5. The van der Waals surface area contributed by atoms with Crippen molar-refractivity contribution in [2.45, 2.75) is 46.0 Å². The Morgan fingerprint density at radius 3 is 2.76 bits per heavy atom. The van der Waals surface area contributed by atoms with Crippen molar-refractivity contribution >= 4 is 27.4 Å². The van der Waals surface area contributed by atoms with Gasteiger partial charge in [0.2, 0.25) is 0 Å². The Kier molecular flexibility index (Phi) is 4.66. The molecule has 4 nitrogen and oxygen atoms in total. The molecule has 1 unspecified atom stereocenters. The van der Waals surface area contributed by atoms with Gasteiger partial charge in [-0.25, -0.2) is 9.97 Å². The van der Waals surface area contributed by atoms with Crippen molar-refractivity contribution in [1.29, 1.82) is 0 Å². The summed E-state index contributed by atoms with van der Waals surface area (Å²) in [6.45, 7) is 5.46. The van der Waals surface area contributed by atoms with Gasteiger partial charge < -0.3 is 5.32 Å². The van der Waals surface area contributed by atoms with Crippen LogP contribution in [0.5, 0.6) is 0 Å². The molecule has 3 aromatic heterocycles. The molecule has 0 saturated heterocycles. The number of pyridine rings is 1. The number of anilines is 1. The molecule has 0 aromatic carbocycles. The second-order valence-electron chi connectivity index (χ2n) is 6.92. The van der Waals surface area contributed by atoms with Crippen LogP contribution in [0.1, 0.15) is 43.6 Å². The lowest BCUT2D eigenvalue weighted by molar-refractivity contribution is 0.593. The highest BCUT2D eigenvalue weighted by Gasteiger charge is 2.21. The predicted molar refractivity (Wildman–Crippen MR) is 105 cm³/mol. The van der Waals surface area contributed by atoms with E-state index in [0.717, 1.165) is 35.0 Å². The topological polar surface area (TPSA) is 50.7 Å². The second-order valence-corrected chi connectivity index (χ2v) is 8.00. The molecule has 0 fully saturated rings. The number of fused-ring (bicyclic) bond motifs is 3. The molecule has 5 heteroatoms. The second kappa shape index (κ2) is 7.08. The van der Waals surface area contributed by atoms with Gasteiger partial charge in [-0.15, -0.1) is 11.3 Å². The maximum atomic E-state index is 4.91. The maximum Gasteiger partial charge on any atom is 0.163 e. The van der Waals surface area contributed by atoms with Gasteiger partial charge in [0.15, 0.2) is 5.82 Å². The van der Waals surface area contributed by atoms with Gasteiger partial charge >= 0.3 is 0 Å². The molecule has 0 saturated carbocycles. The van der Waals surface area contributed by atoms with Crippen LogP contribution < -0.4 is 5.32 Å². The van der Waals surface area contributed by atoms with Crippen LogP contribution in [0.2, 0.25) is 0 Å². The molecule has 3 heterocycles. The van der Waals surface area contributed by atoms with Crippen LogP contribution in [0.25, 0.3) is 21.6 Å². The number of hydrogen-bond donors (Lipinski definition) is 1. The van der Waals surface area contributed by atoms with Gasteiger partial charge in [0.1, 0.15) is 10.6 Å². The zero-order valence-corrected chi connectivity index (χ0v) is 15.7. The van der Waals surface area contributed by atoms with Crippen molar-refractivity contribution < 1.29 is 0 Å². The molecule has 1 N–H and O–H groups in total. The molecular formula is C20H24N4S. The first kappa shape index (κ1) is 16.5. The van der Waals surface area contributed by atoms with Crippen molar-refractivity contribution in [3.63, 3.8) is 0 Å². The van der Waals surface area contributed by atoms with E-state index < -0.39 is 0 Å². The number of rotatable bonds is 5. The highest BCUT2D eigenvalue weighted by molar-refractivity contribution is 7.19. The van der Waals surface area contributed by atoms with E-state index in [0.29, 0.717) is 5.92 Å². The predicted octanol–water partition coefficient (Wildman–Crippen LogP) is 5.09. The molecule has 130 valence electrons. The molecule has 25 heavy (non-hydrogen) atoms. The Morgan fingerprint density at radius 2 is 1.96 bits per heavy atom. The normalized spacial score (nSPS) is 15.1. The summed E-state index contributed by atoms with van der Waals surface area (Å²) in [5.74, 6) is 2.43. The fraction of sp³-hybridized carbons (Fsp3) is 0.450. The van der Waals surface area contributed by atoms with Crippen molar-refractivity contribution in [2.75, 3.05) is 11.9 Å². The van der Waals surface area contributed by atoms with Crippen molar-refractivity contribution in [2.24, 2.45) is 5.92 Å². The van der Waals surface area contributed by atoms with E-state index in [2.05, 4.69) is 24.1 Å². The summed E-state index contributed by atoms with van der Waals surface area (Å²) in [6.07, 6.45) is 9.68. The van der Waals surface area contributed by atoms with Crippen LogP contribution >= 0.6 is 11.3 Å². The molecule has 4 rings (SSSR count). The number of nitrogens with zero attached hydrogens (tertiary/aromatic N) is 3. The summed E-state index contributed by atoms with van der Waals surface area (Å²) in [7, 11) is 0. The third kappa shape index (κ3) is 3.25. The Labute approximate surface area is 152 Å². The average Bonchev–Trinajstić information content (AvgIpc) is 3.05. The van der Waals surface area contributed by atoms with Gasteiger partial charge in [-0.05, 0) is 49.3 Å². The first-order valence-corrected chi connectivity index (χ1v) is 10.0. The summed E-state index contributed by atoms with van der Waals surface area (Å²) in [5.41, 5.74) is 2.51. The van der Waals surface area contributed by atoms with Gasteiger partial charge in [-0.3, -0.25) is 4.98 Å².